The number of aromatic amines is 1. The van der Waals surface area contributed by atoms with E-state index in [1.165, 1.54) is 19.5 Å². The molecule has 2 aromatic heterocycles. The number of carbonyl (C=O) groups excluding carboxylic acids is 1. The van der Waals surface area contributed by atoms with Gasteiger partial charge in [0.15, 0.2) is 17.1 Å². The molecule has 0 amide bonds. The van der Waals surface area contributed by atoms with Gasteiger partial charge >= 0.3 is 0 Å². The second-order valence-corrected chi connectivity index (χ2v) is 3.06. The normalized spacial score (nSPS) is 10.4. The zero-order chi connectivity index (χ0) is 11.5. The molecule has 2 rings (SSSR count). The minimum Gasteiger partial charge on any atom is -0.493 e. The molecule has 0 radical (unpaired) electrons. The molecule has 0 spiro atoms. The second kappa shape index (κ2) is 4.13. The Kier molecular flexibility index (Phi) is 2.67. The van der Waals surface area contributed by atoms with Crippen LogP contribution < -0.4 is 4.74 Å². The lowest BCUT2D eigenvalue weighted by atomic mass is 10.2. The molecular formula is C9H11N5O2. The van der Waals surface area contributed by atoms with Crippen LogP contribution >= 0.6 is 0 Å². The molecule has 1 N–H and O–H groups in total. The predicted molar refractivity (Wildman–Crippen MR) is 54.3 cm³/mol. The molecule has 2 aromatic rings. The molecule has 0 atom stereocenters. The first-order valence-corrected chi connectivity index (χ1v) is 4.78. The number of ether oxygens (including phenoxy) is 1. The van der Waals surface area contributed by atoms with Crippen molar-refractivity contribution >= 4 is 5.78 Å². The van der Waals surface area contributed by atoms with E-state index >= 15 is 0 Å². The van der Waals surface area contributed by atoms with Crippen molar-refractivity contribution in [3.05, 3.63) is 23.8 Å². The Hall–Kier alpha value is -2.18. The lowest BCUT2D eigenvalue weighted by Crippen LogP contribution is -2.12. The second-order valence-electron chi connectivity index (χ2n) is 3.06. The molecule has 0 saturated carbocycles. The number of aromatic nitrogens is 5. The van der Waals surface area contributed by atoms with E-state index < -0.39 is 0 Å². The summed E-state index contributed by atoms with van der Waals surface area (Å²) in [5.74, 6) is 0.180. The van der Waals surface area contributed by atoms with Crippen molar-refractivity contribution in [1.82, 2.24) is 25.2 Å². The Bertz CT molecular complexity index is 466. The maximum Gasteiger partial charge on any atom is 0.236 e. The first-order chi connectivity index (χ1) is 7.77. The van der Waals surface area contributed by atoms with Gasteiger partial charge in [-0.1, -0.05) is 0 Å². The fourth-order valence-corrected chi connectivity index (χ4v) is 1.42. The van der Waals surface area contributed by atoms with Crippen LogP contribution in [0.2, 0.25) is 0 Å². The first-order valence-electron chi connectivity index (χ1n) is 4.78. The number of H-pyrrole nitrogens is 1. The quantitative estimate of drug-likeness (QED) is 0.748. The van der Waals surface area contributed by atoms with Crippen LogP contribution in [0, 0.1) is 0 Å². The smallest absolute Gasteiger partial charge is 0.236 e. The highest BCUT2D eigenvalue weighted by atomic mass is 16.5. The summed E-state index contributed by atoms with van der Waals surface area (Å²) in [5.41, 5.74) is 0.632. The Labute approximate surface area is 91.4 Å². The van der Waals surface area contributed by atoms with Crippen LogP contribution in [0.25, 0.3) is 0 Å². The van der Waals surface area contributed by atoms with Crippen molar-refractivity contribution in [2.45, 2.75) is 13.5 Å². The third-order valence-corrected chi connectivity index (χ3v) is 2.19. The van der Waals surface area contributed by atoms with Gasteiger partial charge in [-0.05, 0) is 6.92 Å². The van der Waals surface area contributed by atoms with Crippen molar-refractivity contribution in [1.29, 1.82) is 0 Å². The maximum atomic E-state index is 12.1. The van der Waals surface area contributed by atoms with Crippen LogP contribution in [0.4, 0.5) is 0 Å². The number of methoxy groups -OCH3 is 1. The number of aryl methyl sites for hydroxylation is 1. The highest BCUT2D eigenvalue weighted by Crippen LogP contribution is 2.19. The topological polar surface area (TPSA) is 85.7 Å². The van der Waals surface area contributed by atoms with Crippen LogP contribution in [0.3, 0.4) is 0 Å². The Morgan fingerprint density at radius 1 is 1.56 bits per heavy atom. The molecule has 0 aliphatic heterocycles. The Balaban J connectivity index is 2.46. The van der Waals surface area contributed by atoms with Crippen LogP contribution in [0.15, 0.2) is 12.4 Å². The van der Waals surface area contributed by atoms with Gasteiger partial charge < -0.3 is 4.74 Å². The van der Waals surface area contributed by atoms with Gasteiger partial charge in [0.1, 0.15) is 0 Å². The molecule has 0 bridgehead atoms. The van der Waals surface area contributed by atoms with Crippen LogP contribution in [0.5, 0.6) is 5.75 Å². The molecular weight excluding hydrogens is 210 g/mol. The number of carbonyl (C=O) groups is 1. The molecule has 0 saturated heterocycles. The SMILES string of the molecule is CCn1ncc(OC)c1C(=O)c1cn[nH]n1. The standard InChI is InChI=1S/C9H11N5O2/c1-3-14-8(7(16-2)5-11-14)9(15)6-4-10-13-12-6/h4-5H,3H2,1-2H3,(H,10,12,13). The highest BCUT2D eigenvalue weighted by molar-refractivity contribution is 6.08. The van der Waals surface area contributed by atoms with Gasteiger partial charge in [-0.2, -0.15) is 20.5 Å². The van der Waals surface area contributed by atoms with Crippen LogP contribution in [-0.4, -0.2) is 38.1 Å². The summed E-state index contributed by atoms with van der Waals surface area (Å²) in [6, 6.07) is 0. The number of rotatable bonds is 4. The minimum atomic E-state index is -0.259. The van der Waals surface area contributed by atoms with E-state index in [9.17, 15) is 4.79 Å². The average molecular weight is 221 g/mol. The van der Waals surface area contributed by atoms with Crippen molar-refractivity contribution < 1.29 is 9.53 Å². The molecule has 0 aliphatic rings. The molecule has 0 unspecified atom stereocenters. The average Bonchev–Trinajstić information content (AvgIpc) is 2.96. The molecule has 0 aromatic carbocycles. The van der Waals surface area contributed by atoms with Gasteiger partial charge in [-0.3, -0.25) is 9.48 Å². The monoisotopic (exact) mass is 221 g/mol. The van der Waals surface area contributed by atoms with Gasteiger partial charge in [0, 0.05) is 6.54 Å². The first kappa shape index (κ1) is 10.3. The molecule has 16 heavy (non-hydrogen) atoms. The zero-order valence-corrected chi connectivity index (χ0v) is 8.97. The van der Waals surface area contributed by atoms with Gasteiger partial charge in [0.05, 0.1) is 19.5 Å². The summed E-state index contributed by atoms with van der Waals surface area (Å²) in [6.07, 6.45) is 2.88. The minimum absolute atomic E-state index is 0.244. The summed E-state index contributed by atoms with van der Waals surface area (Å²) in [7, 11) is 1.50. The number of hydrogen-bond donors (Lipinski definition) is 1. The van der Waals surface area contributed by atoms with Crippen molar-refractivity contribution in [2.24, 2.45) is 0 Å². The Morgan fingerprint density at radius 2 is 2.38 bits per heavy atom. The third-order valence-electron chi connectivity index (χ3n) is 2.19. The number of ketones is 1. The molecule has 84 valence electrons. The van der Waals surface area contributed by atoms with E-state index in [0.29, 0.717) is 18.0 Å². The number of nitrogens with zero attached hydrogens (tertiary/aromatic N) is 4. The molecule has 7 heteroatoms. The van der Waals surface area contributed by atoms with Gasteiger partial charge in [0.2, 0.25) is 5.78 Å². The predicted octanol–water partition coefficient (Wildman–Crippen LogP) is 0.261. The number of nitrogens with one attached hydrogen (secondary N) is 1. The largest absolute Gasteiger partial charge is 0.493 e. The van der Waals surface area contributed by atoms with E-state index in [1.54, 1.807) is 4.68 Å². The van der Waals surface area contributed by atoms with Gasteiger partial charge in [0.25, 0.3) is 0 Å². The summed E-state index contributed by atoms with van der Waals surface area (Å²) in [6.45, 7) is 2.48. The van der Waals surface area contributed by atoms with Gasteiger partial charge in [-0.25, -0.2) is 0 Å². The Morgan fingerprint density at radius 3 is 2.94 bits per heavy atom. The van der Waals surface area contributed by atoms with Crippen molar-refractivity contribution in [2.75, 3.05) is 7.11 Å². The summed E-state index contributed by atoms with van der Waals surface area (Å²) < 4.78 is 6.65. The van der Waals surface area contributed by atoms with E-state index in [1.807, 2.05) is 6.92 Å². The van der Waals surface area contributed by atoms with Crippen LogP contribution in [-0.2, 0) is 6.54 Å². The molecule has 0 fully saturated rings. The molecule has 0 aliphatic carbocycles. The fraction of sp³-hybridized carbons (Fsp3) is 0.333. The van der Waals surface area contributed by atoms with Gasteiger partial charge in [-0.15, -0.1) is 0 Å². The van der Waals surface area contributed by atoms with Crippen molar-refractivity contribution in [3.8, 4) is 5.75 Å². The lowest BCUT2D eigenvalue weighted by molar-refractivity contribution is 0.102. The highest BCUT2D eigenvalue weighted by Gasteiger charge is 2.22. The zero-order valence-electron chi connectivity index (χ0n) is 8.97. The van der Waals surface area contributed by atoms with Crippen LogP contribution in [0.1, 0.15) is 23.1 Å². The number of hydrogen-bond acceptors (Lipinski definition) is 5. The molecule has 2 heterocycles. The van der Waals surface area contributed by atoms with E-state index in [2.05, 4.69) is 20.5 Å². The summed E-state index contributed by atoms with van der Waals surface area (Å²) >= 11 is 0. The fourth-order valence-electron chi connectivity index (χ4n) is 1.42. The van der Waals surface area contributed by atoms with E-state index in [-0.39, 0.29) is 11.5 Å². The summed E-state index contributed by atoms with van der Waals surface area (Å²) in [4.78, 5) is 12.1. The lowest BCUT2D eigenvalue weighted by Gasteiger charge is -2.03. The van der Waals surface area contributed by atoms with E-state index in [4.69, 9.17) is 4.74 Å². The molecule has 7 nitrogen and oxygen atoms in total. The summed E-state index contributed by atoms with van der Waals surface area (Å²) in [5, 5.41) is 13.8. The third kappa shape index (κ3) is 1.56. The van der Waals surface area contributed by atoms with E-state index in [0.717, 1.165) is 0 Å². The maximum absolute atomic E-state index is 12.1. The van der Waals surface area contributed by atoms with Crippen molar-refractivity contribution in [3.63, 3.8) is 0 Å².